The molecule has 1 aromatic heterocycles. The van der Waals surface area contributed by atoms with Gasteiger partial charge in [-0.3, -0.25) is 0 Å². The van der Waals surface area contributed by atoms with E-state index in [0.717, 1.165) is 12.1 Å². The number of rotatable bonds is 1. The zero-order chi connectivity index (χ0) is 10.0. The van der Waals surface area contributed by atoms with Crippen LogP contribution in [0, 0.1) is 5.41 Å². The average Bonchev–Trinajstić information content (AvgIpc) is 2.18. The van der Waals surface area contributed by atoms with Crippen LogP contribution in [0.2, 0.25) is 0 Å². The highest BCUT2D eigenvalue weighted by Gasteiger charge is 2.20. The first-order valence-corrected chi connectivity index (χ1v) is 4.70. The van der Waals surface area contributed by atoms with Gasteiger partial charge in [-0.25, -0.2) is 0 Å². The molecular formula is C11H13N3. The van der Waals surface area contributed by atoms with E-state index < -0.39 is 0 Å². The second-order valence-corrected chi connectivity index (χ2v) is 4.22. The topological polar surface area (TPSA) is 38.7 Å². The Labute approximate surface area is 83.6 Å². The molecule has 0 fully saturated rings. The summed E-state index contributed by atoms with van der Waals surface area (Å²) in [7, 11) is 0. The van der Waals surface area contributed by atoms with E-state index in [9.17, 15) is 0 Å². The van der Waals surface area contributed by atoms with E-state index in [1.54, 1.807) is 6.20 Å². The van der Waals surface area contributed by atoms with Crippen molar-refractivity contribution in [3.05, 3.63) is 36.2 Å². The lowest BCUT2D eigenvalue weighted by Crippen LogP contribution is -2.11. The molecule has 0 N–H and O–H groups in total. The maximum atomic E-state index is 4.00. The summed E-state index contributed by atoms with van der Waals surface area (Å²) in [4.78, 5) is 0. The highest BCUT2D eigenvalue weighted by atomic mass is 15.3. The quantitative estimate of drug-likeness (QED) is 0.676. The summed E-state index contributed by atoms with van der Waals surface area (Å²) in [5, 5.41) is 11.3. The lowest BCUT2D eigenvalue weighted by atomic mass is 9.81. The number of allylic oxidation sites excluding steroid dienone is 4. The molecule has 1 aromatic rings. The zero-order valence-electron chi connectivity index (χ0n) is 8.44. The molecule has 0 atom stereocenters. The molecule has 0 amide bonds. The molecule has 0 saturated heterocycles. The van der Waals surface area contributed by atoms with Crippen molar-refractivity contribution in [2.75, 3.05) is 0 Å². The van der Waals surface area contributed by atoms with Crippen molar-refractivity contribution in [1.82, 2.24) is 15.4 Å². The van der Waals surface area contributed by atoms with Crippen LogP contribution in [0.4, 0.5) is 0 Å². The van der Waals surface area contributed by atoms with Gasteiger partial charge < -0.3 is 0 Å². The largest absolute Gasteiger partial charge is 0.139 e. The molecule has 14 heavy (non-hydrogen) atoms. The molecule has 1 aliphatic carbocycles. The summed E-state index contributed by atoms with van der Waals surface area (Å²) in [5.74, 6) is 0. The third-order valence-electron chi connectivity index (χ3n) is 2.32. The Morgan fingerprint density at radius 2 is 2.21 bits per heavy atom. The van der Waals surface area contributed by atoms with Crippen molar-refractivity contribution in [2.45, 2.75) is 20.3 Å². The lowest BCUT2D eigenvalue weighted by molar-refractivity contribution is 0.491. The summed E-state index contributed by atoms with van der Waals surface area (Å²) in [6.07, 6.45) is 9.07. The first kappa shape index (κ1) is 9.06. The van der Waals surface area contributed by atoms with Crippen LogP contribution in [-0.2, 0) is 0 Å². The van der Waals surface area contributed by atoms with E-state index in [1.807, 2.05) is 6.07 Å². The van der Waals surface area contributed by atoms with E-state index in [1.165, 1.54) is 5.57 Å². The molecule has 0 radical (unpaired) electrons. The molecular weight excluding hydrogens is 174 g/mol. The van der Waals surface area contributed by atoms with E-state index in [4.69, 9.17) is 0 Å². The van der Waals surface area contributed by atoms with Crippen molar-refractivity contribution in [3.63, 3.8) is 0 Å². The Morgan fingerprint density at radius 3 is 2.86 bits per heavy atom. The normalized spacial score (nSPS) is 19.1. The van der Waals surface area contributed by atoms with E-state index in [0.29, 0.717) is 0 Å². The van der Waals surface area contributed by atoms with Crippen molar-refractivity contribution in [2.24, 2.45) is 5.41 Å². The third kappa shape index (κ3) is 1.87. The third-order valence-corrected chi connectivity index (χ3v) is 2.32. The molecule has 0 aliphatic heterocycles. The van der Waals surface area contributed by atoms with Crippen LogP contribution in [0.1, 0.15) is 26.0 Å². The second-order valence-electron chi connectivity index (χ2n) is 4.22. The fraction of sp³-hybridized carbons (Fsp3) is 0.364. The summed E-state index contributed by atoms with van der Waals surface area (Å²) in [6, 6.07) is 1.90. The van der Waals surface area contributed by atoms with Gasteiger partial charge in [0.2, 0.25) is 0 Å². The summed E-state index contributed by atoms with van der Waals surface area (Å²) >= 11 is 0. The van der Waals surface area contributed by atoms with Crippen LogP contribution in [0.25, 0.3) is 5.57 Å². The fourth-order valence-electron chi connectivity index (χ4n) is 1.62. The monoisotopic (exact) mass is 187 g/mol. The SMILES string of the molecule is CC1(C)C=CC=C(c2ccnnn2)C1. The Balaban J connectivity index is 2.30. The molecule has 0 spiro atoms. The molecule has 1 heterocycles. The standard InChI is InChI=1S/C11H13N3/c1-11(2)6-3-4-9(8-11)10-5-7-12-14-13-10/h3-7H,8H2,1-2H3. The van der Waals surface area contributed by atoms with E-state index in [-0.39, 0.29) is 5.41 Å². The number of nitrogens with zero attached hydrogens (tertiary/aromatic N) is 3. The minimum atomic E-state index is 0.217. The average molecular weight is 187 g/mol. The molecule has 3 heteroatoms. The first-order valence-electron chi connectivity index (χ1n) is 4.70. The Bertz CT molecular complexity index is 377. The van der Waals surface area contributed by atoms with Crippen molar-refractivity contribution < 1.29 is 0 Å². The van der Waals surface area contributed by atoms with Crippen LogP contribution in [0.3, 0.4) is 0 Å². The van der Waals surface area contributed by atoms with Crippen molar-refractivity contribution >= 4 is 5.57 Å². The molecule has 1 aliphatic rings. The van der Waals surface area contributed by atoms with E-state index >= 15 is 0 Å². The van der Waals surface area contributed by atoms with Crippen LogP contribution in [0.15, 0.2) is 30.5 Å². The van der Waals surface area contributed by atoms with Gasteiger partial charge in [-0.2, -0.15) is 0 Å². The predicted molar refractivity (Wildman–Crippen MR) is 55.3 cm³/mol. The zero-order valence-corrected chi connectivity index (χ0v) is 8.44. The number of hydrogen-bond donors (Lipinski definition) is 0. The van der Waals surface area contributed by atoms with Gasteiger partial charge in [-0.15, -0.1) is 10.2 Å². The van der Waals surface area contributed by atoms with Gasteiger partial charge in [0.1, 0.15) is 0 Å². The molecule has 3 nitrogen and oxygen atoms in total. The molecule has 72 valence electrons. The maximum Gasteiger partial charge on any atom is 0.0923 e. The van der Waals surface area contributed by atoms with Crippen LogP contribution in [-0.4, -0.2) is 15.4 Å². The summed E-state index contributed by atoms with van der Waals surface area (Å²) in [5.41, 5.74) is 2.37. The number of hydrogen-bond acceptors (Lipinski definition) is 3. The highest BCUT2D eigenvalue weighted by molar-refractivity contribution is 5.65. The van der Waals surface area contributed by atoms with Gasteiger partial charge in [-0.1, -0.05) is 32.1 Å². The van der Waals surface area contributed by atoms with Crippen LogP contribution >= 0.6 is 0 Å². The van der Waals surface area contributed by atoms with Crippen molar-refractivity contribution in [1.29, 1.82) is 0 Å². The molecule has 0 bridgehead atoms. The minimum absolute atomic E-state index is 0.217. The fourth-order valence-corrected chi connectivity index (χ4v) is 1.62. The molecule has 0 saturated carbocycles. The van der Waals surface area contributed by atoms with Gasteiger partial charge >= 0.3 is 0 Å². The minimum Gasteiger partial charge on any atom is -0.139 e. The molecule has 0 unspecified atom stereocenters. The van der Waals surface area contributed by atoms with Gasteiger partial charge in [0.25, 0.3) is 0 Å². The van der Waals surface area contributed by atoms with Gasteiger partial charge in [0.15, 0.2) is 0 Å². The highest BCUT2D eigenvalue weighted by Crippen LogP contribution is 2.34. The van der Waals surface area contributed by atoms with Gasteiger partial charge in [0.05, 0.1) is 11.9 Å². The molecule has 0 aromatic carbocycles. The number of aromatic nitrogens is 3. The van der Waals surface area contributed by atoms with E-state index in [2.05, 4.69) is 47.5 Å². The smallest absolute Gasteiger partial charge is 0.0923 e. The predicted octanol–water partition coefficient (Wildman–Crippen LogP) is 2.24. The molecule has 2 rings (SSSR count). The Kier molecular flexibility index (Phi) is 2.15. The lowest BCUT2D eigenvalue weighted by Gasteiger charge is -2.24. The van der Waals surface area contributed by atoms with Crippen LogP contribution in [0.5, 0.6) is 0 Å². The summed E-state index contributed by atoms with van der Waals surface area (Å²) < 4.78 is 0. The van der Waals surface area contributed by atoms with Crippen LogP contribution < -0.4 is 0 Å². The Morgan fingerprint density at radius 1 is 1.36 bits per heavy atom. The van der Waals surface area contributed by atoms with Crippen molar-refractivity contribution in [3.8, 4) is 0 Å². The van der Waals surface area contributed by atoms with Gasteiger partial charge in [-0.05, 0) is 28.7 Å². The maximum absolute atomic E-state index is 4.00. The Hall–Kier alpha value is -1.51. The second kappa shape index (κ2) is 3.33. The van der Waals surface area contributed by atoms with Gasteiger partial charge in [0, 0.05) is 0 Å². The summed E-state index contributed by atoms with van der Waals surface area (Å²) in [6.45, 7) is 4.43. The first-order chi connectivity index (χ1) is 6.67.